The Morgan fingerprint density at radius 2 is 2.32 bits per heavy atom. The van der Waals surface area contributed by atoms with Crippen molar-refractivity contribution in [3.05, 3.63) is 22.8 Å². The first-order chi connectivity index (χ1) is 9.02. The fraction of sp³-hybridized carbons (Fsp3) is 0.571. The van der Waals surface area contributed by atoms with E-state index in [0.717, 1.165) is 12.3 Å². The minimum absolute atomic E-state index is 0.112. The van der Waals surface area contributed by atoms with E-state index in [1.807, 2.05) is 0 Å². The van der Waals surface area contributed by atoms with Crippen LogP contribution in [0.4, 0.5) is 5.82 Å². The summed E-state index contributed by atoms with van der Waals surface area (Å²) in [5, 5.41) is 12.6. The fourth-order valence-corrected chi connectivity index (χ4v) is 3.09. The predicted octanol–water partition coefficient (Wildman–Crippen LogP) is 3.67. The molecule has 5 heteroatoms. The van der Waals surface area contributed by atoms with Gasteiger partial charge in [0.2, 0.25) is 0 Å². The number of nitrogens with zero attached hydrogens (tertiary/aromatic N) is 1. The van der Waals surface area contributed by atoms with Crippen molar-refractivity contribution in [1.29, 1.82) is 0 Å². The minimum atomic E-state index is -1.01. The van der Waals surface area contributed by atoms with Crippen molar-refractivity contribution < 1.29 is 9.90 Å². The van der Waals surface area contributed by atoms with Gasteiger partial charge in [-0.1, -0.05) is 31.9 Å². The number of carbonyl (C=O) groups is 1. The Hall–Kier alpha value is -1.29. The Morgan fingerprint density at radius 1 is 1.58 bits per heavy atom. The van der Waals surface area contributed by atoms with Crippen LogP contribution in [-0.2, 0) is 0 Å². The van der Waals surface area contributed by atoms with E-state index in [0.29, 0.717) is 22.8 Å². The third-order valence-electron chi connectivity index (χ3n) is 4.16. The highest BCUT2D eigenvalue weighted by Crippen LogP contribution is 2.36. The number of anilines is 1. The van der Waals surface area contributed by atoms with Crippen LogP contribution in [0.3, 0.4) is 0 Å². The van der Waals surface area contributed by atoms with Crippen LogP contribution in [0.1, 0.15) is 43.5 Å². The summed E-state index contributed by atoms with van der Waals surface area (Å²) in [5.74, 6) is 0.901. The molecule has 4 nitrogen and oxygen atoms in total. The van der Waals surface area contributed by atoms with Gasteiger partial charge in [0.05, 0.1) is 10.6 Å². The molecule has 3 atom stereocenters. The number of hydrogen-bond acceptors (Lipinski definition) is 3. The van der Waals surface area contributed by atoms with E-state index in [-0.39, 0.29) is 5.56 Å². The van der Waals surface area contributed by atoms with Gasteiger partial charge in [-0.3, -0.25) is 0 Å². The number of nitrogens with one attached hydrogen (secondary N) is 1. The molecule has 0 spiro atoms. The zero-order chi connectivity index (χ0) is 14.0. The van der Waals surface area contributed by atoms with Crippen molar-refractivity contribution >= 4 is 23.4 Å². The van der Waals surface area contributed by atoms with Gasteiger partial charge in [-0.15, -0.1) is 0 Å². The lowest BCUT2D eigenvalue weighted by atomic mass is 9.93. The number of hydrogen-bond donors (Lipinski definition) is 2. The minimum Gasteiger partial charge on any atom is -0.478 e. The number of pyridine rings is 1. The standard InChI is InChI=1S/C14H19ClN2O2/c1-3-9-4-5-12(8(9)2)17-13-11(15)6-10(7-16-13)14(18)19/h6-9,12H,3-5H2,1-2H3,(H,16,17)(H,18,19). The van der Waals surface area contributed by atoms with E-state index >= 15 is 0 Å². The van der Waals surface area contributed by atoms with Crippen LogP contribution >= 0.6 is 11.6 Å². The highest BCUT2D eigenvalue weighted by molar-refractivity contribution is 6.33. The molecule has 104 valence electrons. The van der Waals surface area contributed by atoms with Crippen molar-refractivity contribution in [1.82, 2.24) is 4.98 Å². The van der Waals surface area contributed by atoms with E-state index in [2.05, 4.69) is 24.1 Å². The van der Waals surface area contributed by atoms with E-state index in [1.54, 1.807) is 0 Å². The molecule has 0 radical (unpaired) electrons. The third-order valence-corrected chi connectivity index (χ3v) is 4.45. The van der Waals surface area contributed by atoms with Gasteiger partial charge in [0.15, 0.2) is 0 Å². The van der Waals surface area contributed by atoms with Gasteiger partial charge in [-0.25, -0.2) is 9.78 Å². The van der Waals surface area contributed by atoms with E-state index in [9.17, 15) is 4.79 Å². The highest BCUT2D eigenvalue weighted by atomic mass is 35.5. The Labute approximate surface area is 118 Å². The molecular weight excluding hydrogens is 264 g/mol. The van der Waals surface area contributed by atoms with Gasteiger partial charge in [0.1, 0.15) is 5.82 Å². The second-order valence-corrected chi connectivity index (χ2v) is 5.62. The average Bonchev–Trinajstić information content (AvgIpc) is 2.72. The van der Waals surface area contributed by atoms with Crippen molar-refractivity contribution in [2.45, 2.75) is 39.2 Å². The zero-order valence-corrected chi connectivity index (χ0v) is 11.9. The Balaban J connectivity index is 2.10. The summed E-state index contributed by atoms with van der Waals surface area (Å²) < 4.78 is 0. The predicted molar refractivity (Wildman–Crippen MR) is 75.8 cm³/mol. The SMILES string of the molecule is CCC1CCC(Nc2ncc(C(=O)O)cc2Cl)C1C. The molecule has 0 aliphatic heterocycles. The van der Waals surface area contributed by atoms with Crippen LogP contribution in [0, 0.1) is 11.8 Å². The summed E-state index contributed by atoms with van der Waals surface area (Å²) in [5.41, 5.74) is 0.112. The average molecular weight is 283 g/mol. The molecule has 1 aromatic rings. The molecule has 1 heterocycles. The molecule has 2 N–H and O–H groups in total. The lowest BCUT2D eigenvalue weighted by Gasteiger charge is -2.22. The molecule has 1 saturated carbocycles. The second-order valence-electron chi connectivity index (χ2n) is 5.22. The normalized spacial score (nSPS) is 26.4. The molecule has 0 aromatic carbocycles. The quantitative estimate of drug-likeness (QED) is 0.884. The molecule has 3 unspecified atom stereocenters. The Morgan fingerprint density at radius 3 is 2.84 bits per heavy atom. The second kappa shape index (κ2) is 5.78. The first kappa shape index (κ1) is 14.1. The van der Waals surface area contributed by atoms with Gasteiger partial charge in [-0.05, 0) is 30.7 Å². The van der Waals surface area contributed by atoms with Gasteiger partial charge in [-0.2, -0.15) is 0 Å². The van der Waals surface area contributed by atoms with Gasteiger partial charge >= 0.3 is 5.97 Å². The molecule has 1 aliphatic carbocycles. The molecule has 1 fully saturated rings. The molecule has 1 aromatic heterocycles. The Kier molecular flexibility index (Phi) is 4.30. The maximum atomic E-state index is 10.8. The molecular formula is C14H19ClN2O2. The maximum absolute atomic E-state index is 10.8. The van der Waals surface area contributed by atoms with E-state index in [1.165, 1.54) is 25.1 Å². The summed E-state index contributed by atoms with van der Waals surface area (Å²) in [6, 6.07) is 1.81. The summed E-state index contributed by atoms with van der Waals surface area (Å²) in [7, 11) is 0. The summed E-state index contributed by atoms with van der Waals surface area (Å²) in [4.78, 5) is 14.9. The number of rotatable bonds is 4. The Bertz CT molecular complexity index is 479. The van der Waals surface area contributed by atoms with E-state index < -0.39 is 5.97 Å². The number of carboxylic acids is 1. The summed E-state index contributed by atoms with van der Waals surface area (Å²) in [6.07, 6.45) is 4.87. The first-order valence-electron chi connectivity index (χ1n) is 6.68. The van der Waals surface area contributed by atoms with Crippen molar-refractivity contribution in [3.8, 4) is 0 Å². The van der Waals surface area contributed by atoms with Crippen molar-refractivity contribution in [2.24, 2.45) is 11.8 Å². The molecule has 0 bridgehead atoms. The number of aromatic carboxylic acids is 1. The lowest BCUT2D eigenvalue weighted by Crippen LogP contribution is -2.25. The smallest absolute Gasteiger partial charge is 0.337 e. The van der Waals surface area contributed by atoms with E-state index in [4.69, 9.17) is 16.7 Å². The molecule has 1 aliphatic rings. The monoisotopic (exact) mass is 282 g/mol. The summed E-state index contributed by atoms with van der Waals surface area (Å²) >= 11 is 6.08. The van der Waals surface area contributed by atoms with Crippen LogP contribution in [0.5, 0.6) is 0 Å². The van der Waals surface area contributed by atoms with Gasteiger partial charge in [0, 0.05) is 12.2 Å². The van der Waals surface area contributed by atoms with Crippen LogP contribution in [0.25, 0.3) is 0 Å². The topological polar surface area (TPSA) is 62.2 Å². The van der Waals surface area contributed by atoms with Gasteiger partial charge in [0.25, 0.3) is 0 Å². The lowest BCUT2D eigenvalue weighted by molar-refractivity contribution is 0.0696. The highest BCUT2D eigenvalue weighted by Gasteiger charge is 2.31. The fourth-order valence-electron chi connectivity index (χ4n) is 2.86. The molecule has 2 rings (SSSR count). The van der Waals surface area contributed by atoms with Crippen LogP contribution < -0.4 is 5.32 Å². The third kappa shape index (κ3) is 3.00. The number of halogens is 1. The molecule has 19 heavy (non-hydrogen) atoms. The van der Waals surface area contributed by atoms with Gasteiger partial charge < -0.3 is 10.4 Å². The van der Waals surface area contributed by atoms with Crippen molar-refractivity contribution in [3.63, 3.8) is 0 Å². The summed E-state index contributed by atoms with van der Waals surface area (Å²) in [6.45, 7) is 4.47. The number of aromatic nitrogens is 1. The van der Waals surface area contributed by atoms with Crippen LogP contribution in [0.2, 0.25) is 5.02 Å². The first-order valence-corrected chi connectivity index (χ1v) is 7.06. The van der Waals surface area contributed by atoms with Crippen LogP contribution in [-0.4, -0.2) is 22.1 Å². The molecule has 0 saturated heterocycles. The molecule has 0 amide bonds. The maximum Gasteiger partial charge on any atom is 0.337 e. The van der Waals surface area contributed by atoms with Crippen LogP contribution in [0.15, 0.2) is 12.3 Å². The zero-order valence-electron chi connectivity index (χ0n) is 11.2. The largest absolute Gasteiger partial charge is 0.478 e. The number of carboxylic acid groups (broad SMARTS) is 1. The van der Waals surface area contributed by atoms with Crippen molar-refractivity contribution in [2.75, 3.05) is 5.32 Å².